The van der Waals surface area contributed by atoms with Crippen LogP contribution in [0.15, 0.2) is 29.2 Å². The van der Waals surface area contributed by atoms with Gasteiger partial charge in [0.15, 0.2) is 0 Å². The number of hydrogen-bond donors (Lipinski definition) is 2. The summed E-state index contributed by atoms with van der Waals surface area (Å²) in [5, 5.41) is 6.17. The molecule has 3 nitrogen and oxygen atoms in total. The van der Waals surface area contributed by atoms with Crippen LogP contribution in [-0.4, -0.2) is 24.8 Å². The van der Waals surface area contributed by atoms with Crippen molar-refractivity contribution in [2.45, 2.75) is 36.8 Å². The topological polar surface area (TPSA) is 41.1 Å². The lowest BCUT2D eigenvalue weighted by Gasteiger charge is -2.27. The molecule has 0 aliphatic carbocycles. The van der Waals surface area contributed by atoms with E-state index in [-0.39, 0.29) is 5.91 Å². The Bertz CT molecular complexity index is 476. The highest BCUT2D eigenvalue weighted by atomic mass is 32.2. The molecule has 1 aliphatic rings. The molecule has 1 heterocycles. The minimum atomic E-state index is -2.42. The average molecular weight is 328 g/mol. The van der Waals surface area contributed by atoms with Gasteiger partial charge < -0.3 is 10.6 Å². The Hall–Kier alpha value is -1.14. The van der Waals surface area contributed by atoms with Crippen molar-refractivity contribution in [3.8, 4) is 0 Å². The van der Waals surface area contributed by atoms with Crippen LogP contribution < -0.4 is 10.6 Å². The lowest BCUT2D eigenvalue weighted by atomic mass is 9.84. The number of thioether (sulfide) groups is 1. The summed E-state index contributed by atoms with van der Waals surface area (Å²) in [6.45, 7) is 4.18. The van der Waals surface area contributed by atoms with E-state index in [0.29, 0.717) is 40.6 Å². The van der Waals surface area contributed by atoms with Gasteiger partial charge in [-0.15, -0.1) is 0 Å². The van der Waals surface area contributed by atoms with Crippen molar-refractivity contribution in [2.24, 2.45) is 11.8 Å². The van der Waals surface area contributed by atoms with Gasteiger partial charge in [0.1, 0.15) is 0 Å². The number of nitrogens with one attached hydrogen (secondary N) is 2. The predicted octanol–water partition coefficient (Wildman–Crippen LogP) is 3.97. The molecule has 2 rings (SSSR count). The predicted molar refractivity (Wildman–Crippen MR) is 86.3 cm³/mol. The summed E-state index contributed by atoms with van der Waals surface area (Å²) >= 11 is 0.503. The molecule has 0 aromatic heterocycles. The first-order valence-electron chi connectivity index (χ1n) is 7.60. The Balaban J connectivity index is 1.80. The van der Waals surface area contributed by atoms with Gasteiger partial charge in [-0.3, -0.25) is 4.79 Å². The van der Waals surface area contributed by atoms with E-state index >= 15 is 0 Å². The lowest BCUT2D eigenvalue weighted by molar-refractivity contribution is -0.117. The molecule has 6 heteroatoms. The second kappa shape index (κ2) is 8.48. The van der Waals surface area contributed by atoms with E-state index < -0.39 is 5.76 Å². The summed E-state index contributed by atoms with van der Waals surface area (Å²) in [7, 11) is 0. The number of benzene rings is 1. The molecule has 1 atom stereocenters. The Morgan fingerprint density at radius 3 is 2.55 bits per heavy atom. The second-order valence-electron chi connectivity index (χ2n) is 5.72. The van der Waals surface area contributed by atoms with E-state index in [0.717, 1.165) is 25.9 Å². The third kappa shape index (κ3) is 5.57. The molecule has 1 saturated heterocycles. The number of hydrogen-bond acceptors (Lipinski definition) is 3. The largest absolute Gasteiger partial charge is 0.326 e. The summed E-state index contributed by atoms with van der Waals surface area (Å²) in [6, 6.07) is 6.53. The standard InChI is InChI=1S/C16H22F2N2OS/c1-11(12-6-8-19-9-7-12)10-15(21)20-13-2-4-14(5-3-13)22-16(17)18/h2-5,11-12,16,19H,6-10H2,1H3,(H,20,21). The summed E-state index contributed by atoms with van der Waals surface area (Å²) in [5.74, 6) is -1.49. The summed E-state index contributed by atoms with van der Waals surface area (Å²) in [6.07, 6.45) is 2.74. The van der Waals surface area contributed by atoms with Gasteiger partial charge in [0.05, 0.1) is 0 Å². The van der Waals surface area contributed by atoms with Gasteiger partial charge in [-0.05, 0) is 62.0 Å². The monoisotopic (exact) mass is 328 g/mol. The van der Waals surface area contributed by atoms with E-state index in [9.17, 15) is 13.6 Å². The van der Waals surface area contributed by atoms with Gasteiger partial charge in [0, 0.05) is 17.0 Å². The van der Waals surface area contributed by atoms with Crippen LogP contribution in [-0.2, 0) is 4.79 Å². The Morgan fingerprint density at radius 1 is 1.32 bits per heavy atom. The molecule has 0 bridgehead atoms. The molecule has 0 spiro atoms. The van der Waals surface area contributed by atoms with Crippen LogP contribution in [0.2, 0.25) is 0 Å². The molecule has 0 radical (unpaired) electrons. The lowest BCUT2D eigenvalue weighted by Crippen LogP contribution is -2.32. The molecule has 122 valence electrons. The summed E-state index contributed by atoms with van der Waals surface area (Å²) in [5.41, 5.74) is 0.654. The fourth-order valence-electron chi connectivity index (χ4n) is 2.80. The number of carbonyl (C=O) groups excluding carboxylic acids is 1. The molecular formula is C16H22F2N2OS. The molecule has 1 aromatic carbocycles. The SMILES string of the molecule is CC(CC(=O)Nc1ccc(SC(F)F)cc1)C1CCNCC1. The van der Waals surface area contributed by atoms with Crippen molar-refractivity contribution in [1.82, 2.24) is 5.32 Å². The van der Waals surface area contributed by atoms with Crippen LogP contribution >= 0.6 is 11.8 Å². The summed E-state index contributed by atoms with van der Waals surface area (Å²) in [4.78, 5) is 12.6. The van der Waals surface area contributed by atoms with Crippen molar-refractivity contribution in [2.75, 3.05) is 18.4 Å². The van der Waals surface area contributed by atoms with Crippen molar-refractivity contribution < 1.29 is 13.6 Å². The van der Waals surface area contributed by atoms with Crippen molar-refractivity contribution >= 4 is 23.4 Å². The van der Waals surface area contributed by atoms with Crippen LogP contribution in [0.5, 0.6) is 0 Å². The Morgan fingerprint density at radius 2 is 1.95 bits per heavy atom. The van der Waals surface area contributed by atoms with E-state index in [1.54, 1.807) is 24.3 Å². The first-order chi connectivity index (χ1) is 10.5. The molecular weight excluding hydrogens is 306 g/mol. The maximum atomic E-state index is 12.2. The maximum Gasteiger partial charge on any atom is 0.288 e. The van der Waals surface area contributed by atoms with Gasteiger partial charge in [-0.25, -0.2) is 0 Å². The number of piperidine rings is 1. The van der Waals surface area contributed by atoms with E-state index in [2.05, 4.69) is 17.6 Å². The molecule has 1 unspecified atom stereocenters. The maximum absolute atomic E-state index is 12.2. The zero-order chi connectivity index (χ0) is 15.9. The first-order valence-corrected chi connectivity index (χ1v) is 8.48. The normalized spacial score (nSPS) is 17.5. The number of anilines is 1. The first kappa shape index (κ1) is 17.2. The molecule has 0 saturated carbocycles. The van der Waals surface area contributed by atoms with Gasteiger partial charge in [-0.1, -0.05) is 18.7 Å². The van der Waals surface area contributed by atoms with Crippen LogP contribution in [0.25, 0.3) is 0 Å². The van der Waals surface area contributed by atoms with Crippen LogP contribution in [0.4, 0.5) is 14.5 Å². The van der Waals surface area contributed by atoms with Gasteiger partial charge in [-0.2, -0.15) is 8.78 Å². The van der Waals surface area contributed by atoms with E-state index in [4.69, 9.17) is 0 Å². The molecule has 1 aromatic rings. The van der Waals surface area contributed by atoms with Crippen LogP contribution in [0.3, 0.4) is 0 Å². The average Bonchev–Trinajstić information content (AvgIpc) is 2.49. The fourth-order valence-corrected chi connectivity index (χ4v) is 3.30. The van der Waals surface area contributed by atoms with Crippen molar-refractivity contribution in [3.05, 3.63) is 24.3 Å². The number of amides is 1. The number of carbonyl (C=O) groups is 1. The highest BCUT2D eigenvalue weighted by Gasteiger charge is 2.22. The molecule has 1 fully saturated rings. The Labute approximate surface area is 134 Å². The molecule has 1 aliphatic heterocycles. The fraction of sp³-hybridized carbons (Fsp3) is 0.562. The second-order valence-corrected chi connectivity index (χ2v) is 6.78. The highest BCUT2D eigenvalue weighted by molar-refractivity contribution is 7.99. The minimum absolute atomic E-state index is 0.0136. The number of alkyl halides is 2. The van der Waals surface area contributed by atoms with Crippen molar-refractivity contribution in [3.63, 3.8) is 0 Å². The van der Waals surface area contributed by atoms with Gasteiger partial charge >= 0.3 is 0 Å². The third-order valence-corrected chi connectivity index (χ3v) is 4.78. The molecule has 1 amide bonds. The number of halogens is 2. The van der Waals surface area contributed by atoms with Crippen LogP contribution in [0, 0.1) is 11.8 Å². The quantitative estimate of drug-likeness (QED) is 0.777. The van der Waals surface area contributed by atoms with Crippen LogP contribution in [0.1, 0.15) is 26.2 Å². The van der Waals surface area contributed by atoms with E-state index in [1.165, 1.54) is 0 Å². The highest BCUT2D eigenvalue weighted by Crippen LogP contribution is 2.27. The van der Waals surface area contributed by atoms with Gasteiger partial charge in [0.25, 0.3) is 5.76 Å². The number of rotatable bonds is 6. The Kier molecular flexibility index (Phi) is 6.64. The smallest absolute Gasteiger partial charge is 0.288 e. The summed E-state index contributed by atoms with van der Waals surface area (Å²) < 4.78 is 24.5. The van der Waals surface area contributed by atoms with Crippen molar-refractivity contribution in [1.29, 1.82) is 0 Å². The minimum Gasteiger partial charge on any atom is -0.326 e. The molecule has 22 heavy (non-hydrogen) atoms. The van der Waals surface area contributed by atoms with E-state index in [1.807, 2.05) is 0 Å². The molecule has 2 N–H and O–H groups in total. The third-order valence-electron chi connectivity index (χ3n) is 4.06. The zero-order valence-corrected chi connectivity index (χ0v) is 13.5. The van der Waals surface area contributed by atoms with Gasteiger partial charge in [0.2, 0.25) is 5.91 Å². The zero-order valence-electron chi connectivity index (χ0n) is 12.6.